The van der Waals surface area contributed by atoms with Crippen LogP contribution >= 0.6 is 23.1 Å². The monoisotopic (exact) mass is 408 g/mol. The summed E-state index contributed by atoms with van der Waals surface area (Å²) in [4.78, 5) is 12.1. The summed E-state index contributed by atoms with van der Waals surface area (Å²) in [7, 11) is 1.94. The molecule has 0 aliphatic rings. The number of nitrogens with zero attached hydrogens (tertiary/aromatic N) is 3. The van der Waals surface area contributed by atoms with Crippen molar-refractivity contribution >= 4 is 39.1 Å². The van der Waals surface area contributed by atoms with E-state index in [4.69, 9.17) is 0 Å². The molecule has 0 bridgehead atoms. The fourth-order valence-corrected chi connectivity index (χ4v) is 4.68. The SMILES string of the molecule is Cn1c(SCC(=O)NCCc2ccccc2)nnc1-c1csc2ccccc12. The summed E-state index contributed by atoms with van der Waals surface area (Å²) in [6, 6.07) is 18.4. The van der Waals surface area contributed by atoms with Crippen LogP contribution in [0.2, 0.25) is 0 Å². The minimum absolute atomic E-state index is 0.00599. The fourth-order valence-electron chi connectivity index (χ4n) is 3.00. The predicted molar refractivity (Wildman–Crippen MR) is 116 cm³/mol. The lowest BCUT2D eigenvalue weighted by atomic mass is 10.1. The van der Waals surface area contributed by atoms with E-state index in [0.717, 1.165) is 23.0 Å². The highest BCUT2D eigenvalue weighted by Crippen LogP contribution is 2.33. The first kappa shape index (κ1) is 18.7. The molecule has 0 radical (unpaired) electrons. The third kappa shape index (κ3) is 4.10. The number of nitrogens with one attached hydrogen (secondary N) is 1. The van der Waals surface area contributed by atoms with Gasteiger partial charge in [0.15, 0.2) is 11.0 Å². The average Bonchev–Trinajstić information content (AvgIpc) is 3.30. The molecule has 0 saturated carbocycles. The Morgan fingerprint density at radius 3 is 2.75 bits per heavy atom. The highest BCUT2D eigenvalue weighted by atomic mass is 32.2. The molecule has 2 heterocycles. The summed E-state index contributed by atoms with van der Waals surface area (Å²) < 4.78 is 3.18. The molecular formula is C21H20N4OS2. The van der Waals surface area contributed by atoms with Crippen LogP contribution in [0.1, 0.15) is 5.56 Å². The van der Waals surface area contributed by atoms with E-state index < -0.39 is 0 Å². The number of aromatic nitrogens is 3. The van der Waals surface area contributed by atoms with Crippen molar-refractivity contribution < 1.29 is 4.79 Å². The summed E-state index contributed by atoms with van der Waals surface area (Å²) in [6.07, 6.45) is 0.830. The first-order valence-electron chi connectivity index (χ1n) is 9.02. The van der Waals surface area contributed by atoms with Crippen LogP contribution in [-0.4, -0.2) is 33.0 Å². The Morgan fingerprint density at radius 1 is 1.11 bits per heavy atom. The minimum Gasteiger partial charge on any atom is -0.355 e. The van der Waals surface area contributed by atoms with Crippen LogP contribution in [0.3, 0.4) is 0 Å². The lowest BCUT2D eigenvalue weighted by Gasteiger charge is -2.06. The van der Waals surface area contributed by atoms with Crippen LogP contribution in [0, 0.1) is 0 Å². The molecular weight excluding hydrogens is 388 g/mol. The zero-order valence-electron chi connectivity index (χ0n) is 15.5. The molecule has 4 rings (SSSR count). The van der Waals surface area contributed by atoms with Crippen molar-refractivity contribution in [2.45, 2.75) is 11.6 Å². The molecule has 0 aliphatic heterocycles. The number of thioether (sulfide) groups is 1. The van der Waals surface area contributed by atoms with Gasteiger partial charge in [0.2, 0.25) is 5.91 Å². The van der Waals surface area contributed by atoms with Crippen LogP contribution in [0.4, 0.5) is 0 Å². The van der Waals surface area contributed by atoms with Gasteiger partial charge in [-0.3, -0.25) is 4.79 Å². The van der Waals surface area contributed by atoms with Crippen molar-refractivity contribution in [1.29, 1.82) is 0 Å². The van der Waals surface area contributed by atoms with E-state index in [-0.39, 0.29) is 5.91 Å². The summed E-state index contributed by atoms with van der Waals surface area (Å²) >= 11 is 3.11. The normalized spacial score (nSPS) is 11.0. The molecule has 7 heteroatoms. The maximum atomic E-state index is 12.1. The molecule has 28 heavy (non-hydrogen) atoms. The highest BCUT2D eigenvalue weighted by molar-refractivity contribution is 7.99. The first-order chi connectivity index (χ1) is 13.7. The van der Waals surface area contributed by atoms with Gasteiger partial charge < -0.3 is 9.88 Å². The van der Waals surface area contributed by atoms with Crippen LogP contribution in [-0.2, 0) is 18.3 Å². The fraction of sp³-hybridized carbons (Fsp3) is 0.190. The Kier molecular flexibility index (Phi) is 5.73. The Balaban J connectivity index is 1.35. The number of fused-ring (bicyclic) bond motifs is 1. The van der Waals surface area contributed by atoms with Crippen molar-refractivity contribution in [3.05, 3.63) is 65.5 Å². The van der Waals surface area contributed by atoms with E-state index in [0.29, 0.717) is 12.3 Å². The summed E-state index contributed by atoms with van der Waals surface area (Å²) in [5, 5.41) is 15.6. The molecule has 0 unspecified atom stereocenters. The third-order valence-corrected chi connectivity index (χ3v) is 6.45. The average molecular weight is 409 g/mol. The van der Waals surface area contributed by atoms with Gasteiger partial charge in [0, 0.05) is 34.6 Å². The zero-order chi connectivity index (χ0) is 19.3. The smallest absolute Gasteiger partial charge is 0.230 e. The summed E-state index contributed by atoms with van der Waals surface area (Å²) in [5.41, 5.74) is 2.30. The first-order valence-corrected chi connectivity index (χ1v) is 10.9. The third-order valence-electron chi connectivity index (χ3n) is 4.47. The second-order valence-corrected chi connectivity index (χ2v) is 8.24. The van der Waals surface area contributed by atoms with E-state index in [9.17, 15) is 4.79 Å². The van der Waals surface area contributed by atoms with E-state index in [2.05, 4.69) is 45.2 Å². The van der Waals surface area contributed by atoms with Gasteiger partial charge in [-0.2, -0.15) is 0 Å². The van der Waals surface area contributed by atoms with Gasteiger partial charge in [0.1, 0.15) is 0 Å². The molecule has 0 fully saturated rings. The van der Waals surface area contributed by atoms with Crippen molar-refractivity contribution in [2.75, 3.05) is 12.3 Å². The molecule has 0 atom stereocenters. The number of hydrogen-bond acceptors (Lipinski definition) is 5. The van der Waals surface area contributed by atoms with Crippen LogP contribution in [0.15, 0.2) is 65.1 Å². The van der Waals surface area contributed by atoms with E-state index in [1.54, 1.807) is 11.3 Å². The van der Waals surface area contributed by atoms with Gasteiger partial charge in [-0.25, -0.2) is 0 Å². The number of thiophene rings is 1. The summed E-state index contributed by atoms with van der Waals surface area (Å²) in [6.45, 7) is 0.633. The molecule has 0 spiro atoms. The maximum Gasteiger partial charge on any atom is 0.230 e. The number of hydrogen-bond donors (Lipinski definition) is 1. The molecule has 1 N–H and O–H groups in total. The predicted octanol–water partition coefficient (Wildman–Crippen LogP) is 4.15. The number of rotatable bonds is 7. The molecule has 0 saturated heterocycles. The standard InChI is InChI=1S/C21H20N4OS2/c1-25-20(17-13-27-18-10-6-5-9-16(17)18)23-24-21(25)28-14-19(26)22-12-11-15-7-3-2-4-8-15/h2-10,13H,11-12,14H2,1H3,(H,22,26). The second-order valence-electron chi connectivity index (χ2n) is 6.38. The molecule has 0 aliphatic carbocycles. The molecule has 2 aromatic carbocycles. The van der Waals surface area contributed by atoms with E-state index in [1.165, 1.54) is 27.4 Å². The van der Waals surface area contributed by atoms with E-state index >= 15 is 0 Å². The van der Waals surface area contributed by atoms with Crippen molar-refractivity contribution in [1.82, 2.24) is 20.1 Å². The largest absolute Gasteiger partial charge is 0.355 e. The molecule has 142 valence electrons. The van der Waals surface area contributed by atoms with Gasteiger partial charge in [-0.1, -0.05) is 60.3 Å². The minimum atomic E-state index is 0.00599. The Bertz CT molecular complexity index is 1090. The van der Waals surface area contributed by atoms with E-state index in [1.807, 2.05) is 41.9 Å². The van der Waals surface area contributed by atoms with Gasteiger partial charge >= 0.3 is 0 Å². The van der Waals surface area contributed by atoms with Gasteiger partial charge in [0.05, 0.1) is 5.75 Å². The van der Waals surface area contributed by atoms with Crippen LogP contribution in [0.25, 0.3) is 21.5 Å². The lowest BCUT2D eigenvalue weighted by Crippen LogP contribution is -2.27. The molecule has 4 aromatic rings. The Hall–Kier alpha value is -2.64. The Morgan fingerprint density at radius 2 is 1.89 bits per heavy atom. The highest BCUT2D eigenvalue weighted by Gasteiger charge is 2.15. The van der Waals surface area contributed by atoms with Crippen LogP contribution < -0.4 is 5.32 Å². The summed E-state index contributed by atoms with van der Waals surface area (Å²) in [5.74, 6) is 1.15. The molecule has 1 amide bonds. The van der Waals surface area contributed by atoms with Crippen molar-refractivity contribution in [3.8, 4) is 11.4 Å². The van der Waals surface area contributed by atoms with Crippen LogP contribution in [0.5, 0.6) is 0 Å². The molecule has 2 aromatic heterocycles. The van der Waals surface area contributed by atoms with Gasteiger partial charge in [-0.05, 0) is 18.1 Å². The number of carbonyl (C=O) groups is 1. The van der Waals surface area contributed by atoms with Gasteiger partial charge in [-0.15, -0.1) is 21.5 Å². The zero-order valence-corrected chi connectivity index (χ0v) is 17.1. The topological polar surface area (TPSA) is 59.8 Å². The quantitative estimate of drug-likeness (QED) is 0.467. The Labute approximate surface area is 171 Å². The van der Waals surface area contributed by atoms with Gasteiger partial charge in [0.25, 0.3) is 0 Å². The second kappa shape index (κ2) is 8.58. The number of benzene rings is 2. The maximum absolute atomic E-state index is 12.1. The van der Waals surface area contributed by atoms with Crippen molar-refractivity contribution in [2.24, 2.45) is 7.05 Å². The number of amides is 1. The molecule has 5 nitrogen and oxygen atoms in total. The number of carbonyl (C=O) groups excluding carboxylic acids is 1. The lowest BCUT2D eigenvalue weighted by molar-refractivity contribution is -0.118. The van der Waals surface area contributed by atoms with Crippen molar-refractivity contribution in [3.63, 3.8) is 0 Å².